The first-order valence-electron chi connectivity index (χ1n) is 5.65. The van der Waals surface area contributed by atoms with Crippen molar-refractivity contribution in [2.45, 2.75) is 38.3 Å². The third kappa shape index (κ3) is 1.83. The summed E-state index contributed by atoms with van der Waals surface area (Å²) in [6.07, 6.45) is 2.66. The Labute approximate surface area is 98.9 Å². The molecule has 1 atom stereocenters. The zero-order valence-electron chi connectivity index (χ0n) is 8.95. The van der Waals surface area contributed by atoms with Gasteiger partial charge in [0.25, 0.3) is 0 Å². The lowest BCUT2D eigenvalue weighted by Crippen LogP contribution is -2.10. The SMILES string of the molecule is CC1NCc2nc(C3CCSCC3)sc21. The second kappa shape index (κ2) is 4.07. The maximum atomic E-state index is 4.81. The molecule has 3 heterocycles. The molecule has 0 saturated carbocycles. The Balaban J connectivity index is 1.84. The molecule has 4 heteroatoms. The zero-order valence-corrected chi connectivity index (χ0v) is 10.6. The Kier molecular flexibility index (Phi) is 2.75. The monoisotopic (exact) mass is 240 g/mol. The highest BCUT2D eigenvalue weighted by atomic mass is 32.2. The first kappa shape index (κ1) is 10.1. The predicted octanol–water partition coefficient (Wildman–Crippen LogP) is 2.92. The van der Waals surface area contributed by atoms with Crippen molar-refractivity contribution in [1.29, 1.82) is 0 Å². The Morgan fingerprint density at radius 2 is 2.13 bits per heavy atom. The van der Waals surface area contributed by atoms with Crippen LogP contribution >= 0.6 is 23.1 Å². The molecular weight excluding hydrogens is 224 g/mol. The summed E-state index contributed by atoms with van der Waals surface area (Å²) in [7, 11) is 0. The molecule has 0 spiro atoms. The lowest BCUT2D eigenvalue weighted by Gasteiger charge is -2.19. The lowest BCUT2D eigenvalue weighted by atomic mass is 10.0. The molecule has 0 aliphatic carbocycles. The summed E-state index contributed by atoms with van der Waals surface area (Å²) >= 11 is 4.04. The van der Waals surface area contributed by atoms with Crippen molar-refractivity contribution in [2.24, 2.45) is 0 Å². The summed E-state index contributed by atoms with van der Waals surface area (Å²) in [5, 5.41) is 4.85. The van der Waals surface area contributed by atoms with E-state index in [4.69, 9.17) is 4.98 Å². The molecule has 1 N–H and O–H groups in total. The molecule has 0 radical (unpaired) electrons. The highest BCUT2D eigenvalue weighted by Gasteiger charge is 2.26. The van der Waals surface area contributed by atoms with Crippen molar-refractivity contribution in [2.75, 3.05) is 11.5 Å². The predicted molar refractivity (Wildman–Crippen MR) is 66.7 cm³/mol. The fourth-order valence-corrected chi connectivity index (χ4v) is 4.69. The molecule has 3 rings (SSSR count). The normalized spacial score (nSPS) is 26.9. The largest absolute Gasteiger partial charge is 0.304 e. The molecular formula is C11H16N2S2. The van der Waals surface area contributed by atoms with Crippen molar-refractivity contribution < 1.29 is 0 Å². The number of hydrogen-bond acceptors (Lipinski definition) is 4. The summed E-state index contributed by atoms with van der Waals surface area (Å²) in [4.78, 5) is 6.30. The fraction of sp³-hybridized carbons (Fsp3) is 0.727. The summed E-state index contributed by atoms with van der Waals surface area (Å²) < 4.78 is 0. The number of thiazole rings is 1. The minimum atomic E-state index is 0.532. The van der Waals surface area contributed by atoms with Crippen LogP contribution < -0.4 is 5.32 Å². The van der Waals surface area contributed by atoms with Crippen LogP contribution in [0.5, 0.6) is 0 Å². The number of nitrogens with zero attached hydrogens (tertiary/aromatic N) is 1. The van der Waals surface area contributed by atoms with Gasteiger partial charge in [0.1, 0.15) is 0 Å². The molecule has 0 aromatic carbocycles. The molecule has 2 aliphatic heterocycles. The van der Waals surface area contributed by atoms with Crippen LogP contribution in [-0.4, -0.2) is 16.5 Å². The number of aromatic nitrogens is 1. The average molecular weight is 240 g/mol. The van der Waals surface area contributed by atoms with Crippen LogP contribution in [0.25, 0.3) is 0 Å². The van der Waals surface area contributed by atoms with E-state index >= 15 is 0 Å². The second-order valence-electron chi connectivity index (χ2n) is 4.35. The first-order valence-corrected chi connectivity index (χ1v) is 7.62. The van der Waals surface area contributed by atoms with E-state index < -0.39 is 0 Å². The quantitative estimate of drug-likeness (QED) is 0.817. The van der Waals surface area contributed by atoms with Crippen LogP contribution in [0, 0.1) is 0 Å². The number of rotatable bonds is 1. The van der Waals surface area contributed by atoms with Crippen LogP contribution in [0.3, 0.4) is 0 Å². The van der Waals surface area contributed by atoms with Crippen molar-refractivity contribution in [3.8, 4) is 0 Å². The Bertz CT molecular complexity index is 355. The topological polar surface area (TPSA) is 24.9 Å². The van der Waals surface area contributed by atoms with Gasteiger partial charge in [-0.05, 0) is 31.3 Å². The van der Waals surface area contributed by atoms with E-state index in [9.17, 15) is 0 Å². The second-order valence-corrected chi connectivity index (χ2v) is 6.64. The smallest absolute Gasteiger partial charge is 0.0963 e. The number of hydrogen-bond donors (Lipinski definition) is 1. The van der Waals surface area contributed by atoms with Gasteiger partial charge in [0, 0.05) is 23.4 Å². The van der Waals surface area contributed by atoms with Gasteiger partial charge in [0.05, 0.1) is 10.7 Å². The standard InChI is InChI=1S/C11H16N2S2/c1-7-10-9(6-12-7)13-11(15-10)8-2-4-14-5-3-8/h7-8,12H,2-6H2,1H3. The third-order valence-electron chi connectivity index (χ3n) is 3.28. The summed E-state index contributed by atoms with van der Waals surface area (Å²) in [6.45, 7) is 3.22. The maximum Gasteiger partial charge on any atom is 0.0963 e. The van der Waals surface area contributed by atoms with Gasteiger partial charge in [-0.1, -0.05) is 0 Å². The Morgan fingerprint density at radius 1 is 1.33 bits per heavy atom. The average Bonchev–Trinajstić information content (AvgIpc) is 2.83. The third-order valence-corrected chi connectivity index (χ3v) is 5.78. The van der Waals surface area contributed by atoms with E-state index in [0.717, 1.165) is 12.5 Å². The van der Waals surface area contributed by atoms with E-state index in [2.05, 4.69) is 24.0 Å². The van der Waals surface area contributed by atoms with E-state index in [1.165, 1.54) is 39.9 Å². The van der Waals surface area contributed by atoms with Crippen molar-refractivity contribution in [3.63, 3.8) is 0 Å². The van der Waals surface area contributed by atoms with Crippen LogP contribution in [-0.2, 0) is 6.54 Å². The Morgan fingerprint density at radius 3 is 2.87 bits per heavy atom. The molecule has 0 amide bonds. The molecule has 1 aromatic rings. The summed E-state index contributed by atoms with van der Waals surface area (Å²) in [5.41, 5.74) is 1.32. The Hall–Kier alpha value is -0.0600. The molecule has 15 heavy (non-hydrogen) atoms. The molecule has 1 fully saturated rings. The molecule has 82 valence electrons. The van der Waals surface area contributed by atoms with E-state index in [1.54, 1.807) is 0 Å². The van der Waals surface area contributed by atoms with Crippen LogP contribution in [0.4, 0.5) is 0 Å². The van der Waals surface area contributed by atoms with Gasteiger partial charge in [0.2, 0.25) is 0 Å². The van der Waals surface area contributed by atoms with E-state index in [1.807, 2.05) is 11.3 Å². The molecule has 2 aliphatic rings. The van der Waals surface area contributed by atoms with Gasteiger partial charge in [-0.25, -0.2) is 4.98 Å². The first-order chi connectivity index (χ1) is 7.34. The number of nitrogens with one attached hydrogen (secondary N) is 1. The minimum absolute atomic E-state index is 0.532. The number of thioether (sulfide) groups is 1. The molecule has 2 nitrogen and oxygen atoms in total. The van der Waals surface area contributed by atoms with Crippen molar-refractivity contribution >= 4 is 23.1 Å². The fourth-order valence-electron chi connectivity index (χ4n) is 2.31. The van der Waals surface area contributed by atoms with Gasteiger partial charge in [-0.3, -0.25) is 0 Å². The van der Waals surface area contributed by atoms with Crippen LogP contribution in [0.1, 0.15) is 47.3 Å². The van der Waals surface area contributed by atoms with Crippen molar-refractivity contribution in [3.05, 3.63) is 15.6 Å². The number of fused-ring (bicyclic) bond motifs is 1. The lowest BCUT2D eigenvalue weighted by molar-refractivity contribution is 0.617. The van der Waals surface area contributed by atoms with Crippen molar-refractivity contribution in [1.82, 2.24) is 10.3 Å². The summed E-state index contributed by atoms with van der Waals surface area (Å²) in [5.74, 6) is 3.40. The molecule has 1 unspecified atom stereocenters. The molecule has 1 aromatic heterocycles. The molecule has 1 saturated heterocycles. The van der Waals surface area contributed by atoms with Gasteiger partial charge in [-0.2, -0.15) is 11.8 Å². The minimum Gasteiger partial charge on any atom is -0.304 e. The maximum absolute atomic E-state index is 4.81. The zero-order chi connectivity index (χ0) is 10.3. The van der Waals surface area contributed by atoms with Gasteiger partial charge >= 0.3 is 0 Å². The van der Waals surface area contributed by atoms with Gasteiger partial charge < -0.3 is 5.32 Å². The highest BCUT2D eigenvalue weighted by molar-refractivity contribution is 7.99. The van der Waals surface area contributed by atoms with Crippen LogP contribution in [0.2, 0.25) is 0 Å². The van der Waals surface area contributed by atoms with Gasteiger partial charge in [0.15, 0.2) is 0 Å². The summed E-state index contributed by atoms with van der Waals surface area (Å²) in [6, 6.07) is 0.532. The van der Waals surface area contributed by atoms with Gasteiger partial charge in [-0.15, -0.1) is 11.3 Å². The highest BCUT2D eigenvalue weighted by Crippen LogP contribution is 2.38. The van der Waals surface area contributed by atoms with E-state index in [-0.39, 0.29) is 0 Å². The molecule has 0 bridgehead atoms. The van der Waals surface area contributed by atoms with Crippen LogP contribution in [0.15, 0.2) is 0 Å². The van der Waals surface area contributed by atoms with E-state index in [0.29, 0.717) is 6.04 Å².